The Morgan fingerprint density at radius 3 is 2.26 bits per heavy atom. The van der Waals surface area contributed by atoms with E-state index in [1.54, 1.807) is 85.9 Å². The third-order valence-electron chi connectivity index (χ3n) is 11.5. The Kier molecular flexibility index (Phi) is 13.9. The van der Waals surface area contributed by atoms with Gasteiger partial charge in [-0.25, -0.2) is 18.2 Å². The van der Waals surface area contributed by atoms with Gasteiger partial charge in [0.15, 0.2) is 9.34 Å². The van der Waals surface area contributed by atoms with Crippen molar-refractivity contribution in [2.75, 3.05) is 24.4 Å². The van der Waals surface area contributed by atoms with Crippen LogP contribution in [0.15, 0.2) is 107 Å². The topological polar surface area (TPSA) is 197 Å². The van der Waals surface area contributed by atoms with Crippen molar-refractivity contribution >= 4 is 79.1 Å². The molecule has 0 saturated heterocycles. The number of carbonyl (C=O) groups is 4. The van der Waals surface area contributed by atoms with E-state index in [2.05, 4.69) is 21.7 Å². The largest absolute Gasteiger partial charge is 0.489 e. The van der Waals surface area contributed by atoms with E-state index in [0.717, 1.165) is 32.3 Å². The first-order chi connectivity index (χ1) is 32.5. The van der Waals surface area contributed by atoms with Crippen LogP contribution in [0.5, 0.6) is 11.5 Å². The minimum Gasteiger partial charge on any atom is -0.489 e. The minimum absolute atomic E-state index is 0.0174. The molecule has 348 valence electrons. The number of ether oxygens (including phenoxy) is 3. The maximum atomic E-state index is 14.8. The number of anilines is 2. The Hall–Kier alpha value is -6.81. The van der Waals surface area contributed by atoms with Crippen LogP contribution < -0.4 is 25.0 Å². The number of carbonyl (C=O) groups excluding carboxylic acids is 4. The fourth-order valence-corrected chi connectivity index (χ4v) is 11.4. The summed E-state index contributed by atoms with van der Waals surface area (Å²) in [5, 5.41) is 15.4. The smallest absolute Gasteiger partial charge is 0.328 e. The summed E-state index contributed by atoms with van der Waals surface area (Å²) >= 11 is 13.0. The molecule has 1 unspecified atom stereocenters. The second kappa shape index (κ2) is 19.8. The number of hydrogen-bond donors (Lipinski definition) is 2. The number of aryl methyl sites for hydroxylation is 1. The number of sulfonamides is 1. The zero-order valence-electron chi connectivity index (χ0n) is 36.9. The molecule has 2 aliphatic heterocycles. The molecule has 0 aliphatic carbocycles. The predicted molar refractivity (Wildman–Crippen MR) is 256 cm³/mol. The molecule has 3 heterocycles. The zero-order valence-corrected chi connectivity index (χ0v) is 40.1. The van der Waals surface area contributed by atoms with Crippen LogP contribution in [0.2, 0.25) is 10.0 Å². The predicted octanol–water partition coefficient (Wildman–Crippen LogP) is 7.95. The van der Waals surface area contributed by atoms with Gasteiger partial charge < -0.3 is 29.7 Å². The summed E-state index contributed by atoms with van der Waals surface area (Å²) in [6.07, 6.45) is -1.18. The third kappa shape index (κ3) is 10.1. The molecule has 6 aromatic rings. The van der Waals surface area contributed by atoms with Crippen molar-refractivity contribution in [2.45, 2.75) is 62.2 Å². The van der Waals surface area contributed by atoms with E-state index in [4.69, 9.17) is 37.4 Å². The Balaban J connectivity index is 1.07. The molecular formula is C49H42Cl2N6O9S2. The van der Waals surface area contributed by atoms with Crippen molar-refractivity contribution < 1.29 is 41.8 Å². The Bertz CT molecular complexity index is 3110. The number of aromatic nitrogens is 1. The van der Waals surface area contributed by atoms with Gasteiger partial charge in [0.25, 0.3) is 15.9 Å². The van der Waals surface area contributed by atoms with Gasteiger partial charge in [0.2, 0.25) is 17.9 Å². The van der Waals surface area contributed by atoms with Gasteiger partial charge in [-0.3, -0.25) is 14.4 Å². The summed E-state index contributed by atoms with van der Waals surface area (Å²) in [5.41, 5.74) is 5.94. The van der Waals surface area contributed by atoms with E-state index in [1.807, 2.05) is 24.3 Å². The maximum Gasteiger partial charge on any atom is 0.328 e. The first-order valence-electron chi connectivity index (χ1n) is 21.0. The SMILES string of the molecule is COC(=O)[C@H](Cc1ccc(-c2ccc(C#N)cc2)cc1)NC(=O)C1Cc2cc3c(cc2CN1S(=O)(=O)c1sc(NC(C)=O)nc1C)O[C@@H](c1ccc(OCc2ccc(Cl)c(Cl)c2)cc1)C(=O)N3C. The first kappa shape index (κ1) is 47.7. The van der Waals surface area contributed by atoms with Crippen LogP contribution in [-0.4, -0.2) is 67.6 Å². The number of halogens is 2. The third-order valence-corrected chi connectivity index (χ3v) is 15.8. The van der Waals surface area contributed by atoms with Crippen molar-refractivity contribution in [3.05, 3.63) is 152 Å². The van der Waals surface area contributed by atoms with Crippen LogP contribution in [0.3, 0.4) is 0 Å². The molecule has 0 fully saturated rings. The summed E-state index contributed by atoms with van der Waals surface area (Å²) in [6.45, 7) is 2.70. The molecule has 5 aromatic carbocycles. The first-order valence-corrected chi connectivity index (χ1v) is 24.1. The van der Waals surface area contributed by atoms with Gasteiger partial charge in [-0.05, 0) is 95.3 Å². The normalized spacial score (nSPS) is 16.1. The molecule has 68 heavy (non-hydrogen) atoms. The van der Waals surface area contributed by atoms with Crippen LogP contribution in [0.25, 0.3) is 11.1 Å². The number of nitrogens with zero attached hydrogens (tertiary/aromatic N) is 4. The molecular weight excluding hydrogens is 952 g/mol. The van der Waals surface area contributed by atoms with Gasteiger partial charge in [0, 0.05) is 32.5 Å². The van der Waals surface area contributed by atoms with Gasteiger partial charge in [0.05, 0.1) is 40.2 Å². The maximum absolute atomic E-state index is 14.8. The molecule has 3 atom stereocenters. The molecule has 2 aliphatic rings. The lowest BCUT2D eigenvalue weighted by Gasteiger charge is -2.38. The van der Waals surface area contributed by atoms with Crippen LogP contribution in [0.1, 0.15) is 52.1 Å². The molecule has 15 nitrogen and oxygen atoms in total. The fraction of sp³-hybridized carbons (Fsp3) is 0.224. The number of amides is 3. The molecule has 3 amide bonds. The van der Waals surface area contributed by atoms with Crippen molar-refractivity contribution in [2.24, 2.45) is 0 Å². The summed E-state index contributed by atoms with van der Waals surface area (Å²) in [4.78, 5) is 59.4. The number of likely N-dealkylation sites (N-methyl/N-ethyl adjacent to an activating group) is 1. The van der Waals surface area contributed by atoms with Crippen molar-refractivity contribution in [1.82, 2.24) is 14.6 Å². The van der Waals surface area contributed by atoms with E-state index in [0.29, 0.717) is 55.0 Å². The van der Waals surface area contributed by atoms with Crippen molar-refractivity contribution in [3.8, 4) is 28.7 Å². The van der Waals surface area contributed by atoms with Gasteiger partial charge in [0.1, 0.15) is 30.2 Å². The van der Waals surface area contributed by atoms with E-state index < -0.39 is 46.0 Å². The number of methoxy groups -OCH3 is 1. The zero-order chi connectivity index (χ0) is 48.4. The molecule has 2 N–H and O–H groups in total. The lowest BCUT2D eigenvalue weighted by atomic mass is 9.93. The summed E-state index contributed by atoms with van der Waals surface area (Å²) in [7, 11) is -1.71. The Morgan fingerprint density at radius 2 is 1.62 bits per heavy atom. The highest BCUT2D eigenvalue weighted by Crippen LogP contribution is 2.43. The number of nitriles is 1. The lowest BCUT2D eigenvalue weighted by molar-refractivity contribution is -0.145. The van der Waals surface area contributed by atoms with Crippen LogP contribution in [-0.2, 0) is 59.9 Å². The van der Waals surface area contributed by atoms with E-state index in [1.165, 1.54) is 25.9 Å². The average Bonchev–Trinajstić information content (AvgIpc) is 3.71. The monoisotopic (exact) mass is 992 g/mol. The van der Waals surface area contributed by atoms with Gasteiger partial charge >= 0.3 is 5.97 Å². The lowest BCUT2D eigenvalue weighted by Crippen LogP contribution is -2.56. The van der Waals surface area contributed by atoms with Crippen molar-refractivity contribution in [3.63, 3.8) is 0 Å². The molecule has 0 bridgehead atoms. The second-order valence-electron chi connectivity index (χ2n) is 16.1. The number of esters is 1. The number of fused-ring (bicyclic) bond motifs is 2. The highest BCUT2D eigenvalue weighted by Gasteiger charge is 2.44. The van der Waals surface area contributed by atoms with Gasteiger partial charge in [-0.1, -0.05) is 89.1 Å². The van der Waals surface area contributed by atoms with Gasteiger partial charge in [-0.2, -0.15) is 9.57 Å². The van der Waals surface area contributed by atoms with Crippen LogP contribution in [0.4, 0.5) is 10.8 Å². The number of rotatable bonds is 13. The van der Waals surface area contributed by atoms with E-state index >= 15 is 0 Å². The van der Waals surface area contributed by atoms with Crippen molar-refractivity contribution in [1.29, 1.82) is 5.26 Å². The van der Waals surface area contributed by atoms with E-state index in [-0.39, 0.29) is 46.9 Å². The van der Waals surface area contributed by atoms with Gasteiger partial charge in [-0.15, -0.1) is 0 Å². The summed E-state index contributed by atoms with van der Waals surface area (Å²) < 4.78 is 47.8. The molecule has 1 aromatic heterocycles. The number of benzene rings is 5. The molecule has 0 radical (unpaired) electrons. The number of nitrogens with one attached hydrogen (secondary N) is 2. The summed E-state index contributed by atoms with van der Waals surface area (Å²) in [5.74, 6) is -1.47. The highest BCUT2D eigenvalue weighted by atomic mass is 35.5. The minimum atomic E-state index is -4.51. The molecule has 8 rings (SSSR count). The summed E-state index contributed by atoms with van der Waals surface area (Å²) in [6, 6.07) is 29.4. The Labute approximate surface area is 406 Å². The standard InChI is InChI=1S/C49H42Cl2N6O9S2/c1-27-48(67-49(53-27)54-28(2)58)68(62,63)57-25-36-23-43-41(56(3)46(60)44(66-43)34-14-16-37(17-15-34)65-26-31-9-18-38(50)39(51)19-31)21-35(36)22-42(57)45(59)55-40(47(61)64-4)20-29-5-10-32(11-6-29)33-12-7-30(24-52)8-13-33/h5-19,21,23,40,42,44H,20,22,25-26H2,1-4H3,(H,55,59)(H,53,54,58)/t40-,42?,44-/m0/s1. The van der Waals surface area contributed by atoms with E-state index in [9.17, 15) is 32.9 Å². The van der Waals surface area contributed by atoms with Crippen LogP contribution >= 0.6 is 34.5 Å². The molecule has 0 saturated carbocycles. The number of thiazole rings is 1. The molecule has 19 heteroatoms. The Morgan fingerprint density at radius 1 is 0.941 bits per heavy atom. The average molecular weight is 994 g/mol. The second-order valence-corrected chi connectivity index (χ2v) is 20.0. The van der Waals surface area contributed by atoms with Crippen LogP contribution in [0, 0.1) is 18.3 Å². The molecule has 0 spiro atoms. The quantitative estimate of drug-likeness (QED) is 0.107. The highest BCUT2D eigenvalue weighted by molar-refractivity contribution is 7.91. The number of hydrogen-bond acceptors (Lipinski definition) is 12. The fourth-order valence-electron chi connectivity index (χ4n) is 7.97.